The van der Waals surface area contributed by atoms with Crippen molar-refractivity contribution in [2.45, 2.75) is 10.6 Å². The van der Waals surface area contributed by atoms with Gasteiger partial charge in [-0.15, -0.1) is 0 Å². The number of hydrogen-bond donors (Lipinski definition) is 1. The quantitative estimate of drug-likeness (QED) is 0.595. The van der Waals surface area contributed by atoms with Crippen molar-refractivity contribution < 1.29 is 13.2 Å². The number of benzene rings is 2. The zero-order valence-corrected chi connectivity index (χ0v) is 17.2. The third kappa shape index (κ3) is 5.67. The van der Waals surface area contributed by atoms with Crippen LogP contribution in [0.1, 0.15) is 5.56 Å². The van der Waals surface area contributed by atoms with Gasteiger partial charge in [0.25, 0.3) is 0 Å². The van der Waals surface area contributed by atoms with Gasteiger partial charge in [0.1, 0.15) is 15.7 Å². The average Bonchev–Trinajstić information content (AvgIpc) is 2.56. The van der Waals surface area contributed by atoms with Crippen molar-refractivity contribution in [1.29, 1.82) is 0 Å². The summed E-state index contributed by atoms with van der Waals surface area (Å²) >= 11 is 19.6. The Bertz CT molecular complexity index is 845. The number of nitrogens with one attached hydrogen (secondary N) is 1. The van der Waals surface area contributed by atoms with Crippen LogP contribution in [-0.2, 0) is 15.8 Å². The molecule has 0 aliphatic heterocycles. The largest absolute Gasteiger partial charge is 0.495 e. The minimum Gasteiger partial charge on any atom is -0.495 e. The summed E-state index contributed by atoms with van der Waals surface area (Å²) in [7, 11) is -2.31. The fourth-order valence-corrected chi connectivity index (χ4v) is 5.04. The van der Waals surface area contributed by atoms with Crippen molar-refractivity contribution in [1.82, 2.24) is 4.72 Å². The second kappa shape index (κ2) is 9.35. The molecule has 0 aliphatic rings. The van der Waals surface area contributed by atoms with Crippen LogP contribution in [0.4, 0.5) is 0 Å². The molecule has 25 heavy (non-hydrogen) atoms. The summed E-state index contributed by atoms with van der Waals surface area (Å²) in [4.78, 5) is -0.0696. The van der Waals surface area contributed by atoms with Gasteiger partial charge in [-0.05, 0) is 29.8 Å². The highest BCUT2D eigenvalue weighted by Crippen LogP contribution is 2.36. The minimum absolute atomic E-state index is 0.0555. The van der Waals surface area contributed by atoms with Crippen LogP contribution in [0.15, 0.2) is 41.3 Å². The number of methoxy groups -OCH3 is 1. The molecule has 0 unspecified atom stereocenters. The molecule has 9 heteroatoms. The SMILES string of the molecule is COc1ccc(S(=O)(=O)NCCSCc2cccc(Cl)c2)c(Cl)c1Cl. The molecule has 0 saturated heterocycles. The van der Waals surface area contributed by atoms with Crippen LogP contribution in [0.5, 0.6) is 5.75 Å². The summed E-state index contributed by atoms with van der Waals surface area (Å²) in [6.07, 6.45) is 0. The maximum absolute atomic E-state index is 12.4. The molecule has 2 aromatic carbocycles. The van der Waals surface area contributed by atoms with Gasteiger partial charge in [-0.2, -0.15) is 11.8 Å². The van der Waals surface area contributed by atoms with E-state index in [-0.39, 0.29) is 21.5 Å². The number of sulfonamides is 1. The molecule has 0 spiro atoms. The highest BCUT2D eigenvalue weighted by molar-refractivity contribution is 7.98. The third-order valence-corrected chi connectivity index (χ3v) is 6.96. The summed E-state index contributed by atoms with van der Waals surface area (Å²) in [5.41, 5.74) is 1.09. The maximum atomic E-state index is 12.4. The first-order valence-corrected chi connectivity index (χ1v) is 11.0. The average molecular weight is 441 g/mol. The van der Waals surface area contributed by atoms with Crippen LogP contribution in [-0.4, -0.2) is 27.8 Å². The fraction of sp³-hybridized carbons (Fsp3) is 0.250. The lowest BCUT2D eigenvalue weighted by molar-refractivity contribution is 0.414. The van der Waals surface area contributed by atoms with Gasteiger partial charge < -0.3 is 4.74 Å². The van der Waals surface area contributed by atoms with Crippen molar-refractivity contribution in [2.75, 3.05) is 19.4 Å². The summed E-state index contributed by atoms with van der Waals surface area (Å²) in [6.45, 7) is 0.271. The Labute approximate surface area is 166 Å². The van der Waals surface area contributed by atoms with Crippen molar-refractivity contribution >= 4 is 56.6 Å². The van der Waals surface area contributed by atoms with Crippen LogP contribution < -0.4 is 9.46 Å². The van der Waals surface area contributed by atoms with Gasteiger partial charge in [-0.25, -0.2) is 13.1 Å². The third-order valence-electron chi connectivity index (χ3n) is 3.22. The molecular weight excluding hydrogens is 425 g/mol. The monoisotopic (exact) mass is 439 g/mol. The summed E-state index contributed by atoms with van der Waals surface area (Å²) < 4.78 is 32.3. The molecule has 0 heterocycles. The maximum Gasteiger partial charge on any atom is 0.242 e. The molecule has 0 bridgehead atoms. The molecule has 2 rings (SSSR count). The standard InChI is InChI=1S/C16H16Cl3NO3S2/c1-23-13-5-6-14(16(19)15(13)18)25(21,22)20-7-8-24-10-11-3-2-4-12(17)9-11/h2-6,9,20H,7-8,10H2,1H3. The zero-order valence-electron chi connectivity index (χ0n) is 13.3. The first-order valence-electron chi connectivity index (χ1n) is 7.19. The van der Waals surface area contributed by atoms with E-state index in [9.17, 15) is 8.42 Å². The van der Waals surface area contributed by atoms with Gasteiger partial charge in [0, 0.05) is 23.1 Å². The minimum atomic E-state index is -3.75. The Morgan fingerprint density at radius 2 is 1.88 bits per heavy atom. The lowest BCUT2D eigenvalue weighted by Gasteiger charge is -2.11. The molecule has 4 nitrogen and oxygen atoms in total. The first kappa shape index (κ1) is 20.7. The predicted octanol–water partition coefficient (Wildman–Crippen LogP) is 4.87. The molecule has 0 saturated carbocycles. The lowest BCUT2D eigenvalue weighted by atomic mass is 10.2. The van der Waals surface area contributed by atoms with Gasteiger partial charge in [-0.3, -0.25) is 0 Å². The number of hydrogen-bond acceptors (Lipinski definition) is 4. The molecule has 0 amide bonds. The van der Waals surface area contributed by atoms with Crippen molar-refractivity contribution in [3.05, 3.63) is 57.0 Å². The fourth-order valence-electron chi connectivity index (χ4n) is 2.02. The summed E-state index contributed by atoms with van der Waals surface area (Å²) in [6, 6.07) is 10.4. The highest BCUT2D eigenvalue weighted by atomic mass is 35.5. The second-order valence-electron chi connectivity index (χ2n) is 4.97. The van der Waals surface area contributed by atoms with Crippen LogP contribution in [0.3, 0.4) is 0 Å². The summed E-state index contributed by atoms with van der Waals surface area (Å²) in [5.74, 6) is 1.67. The topological polar surface area (TPSA) is 55.4 Å². The van der Waals surface area contributed by atoms with E-state index in [2.05, 4.69) is 4.72 Å². The molecule has 0 atom stereocenters. The van der Waals surface area contributed by atoms with Gasteiger partial charge in [0.2, 0.25) is 10.0 Å². The normalized spacial score (nSPS) is 11.5. The van der Waals surface area contributed by atoms with E-state index in [1.807, 2.05) is 24.3 Å². The van der Waals surface area contributed by atoms with Gasteiger partial charge in [0.05, 0.1) is 12.1 Å². The van der Waals surface area contributed by atoms with E-state index in [1.54, 1.807) is 11.8 Å². The molecule has 0 fully saturated rings. The van der Waals surface area contributed by atoms with E-state index in [0.717, 1.165) is 11.3 Å². The van der Waals surface area contributed by atoms with Crippen molar-refractivity contribution in [2.24, 2.45) is 0 Å². The number of halogens is 3. The number of ether oxygens (including phenoxy) is 1. The smallest absolute Gasteiger partial charge is 0.242 e. The van der Waals surface area contributed by atoms with E-state index in [0.29, 0.717) is 16.5 Å². The van der Waals surface area contributed by atoms with Crippen LogP contribution >= 0.6 is 46.6 Å². The van der Waals surface area contributed by atoms with Crippen molar-refractivity contribution in [3.8, 4) is 5.75 Å². The first-order chi connectivity index (χ1) is 11.8. The molecule has 1 N–H and O–H groups in total. The molecule has 2 aromatic rings. The molecule has 136 valence electrons. The van der Waals surface area contributed by atoms with E-state index in [1.165, 1.54) is 19.2 Å². The Morgan fingerprint density at radius 3 is 2.56 bits per heavy atom. The molecular formula is C16H16Cl3NO3S2. The Balaban J connectivity index is 1.90. The number of rotatable bonds is 8. The molecule has 0 radical (unpaired) electrons. The predicted molar refractivity (Wildman–Crippen MR) is 106 cm³/mol. The Hall–Kier alpha value is -0.630. The zero-order chi connectivity index (χ0) is 18.4. The lowest BCUT2D eigenvalue weighted by Crippen LogP contribution is -2.26. The Morgan fingerprint density at radius 1 is 1.12 bits per heavy atom. The van der Waals surface area contributed by atoms with Gasteiger partial charge >= 0.3 is 0 Å². The van der Waals surface area contributed by atoms with Crippen molar-refractivity contribution in [3.63, 3.8) is 0 Å². The van der Waals surface area contributed by atoms with Crippen LogP contribution in [0.25, 0.3) is 0 Å². The van der Waals surface area contributed by atoms with Crippen LogP contribution in [0.2, 0.25) is 15.1 Å². The summed E-state index contributed by atoms with van der Waals surface area (Å²) in [5, 5.41) is 0.701. The van der Waals surface area contributed by atoms with Gasteiger partial charge in [-0.1, -0.05) is 46.9 Å². The Kier molecular flexibility index (Phi) is 7.73. The molecule has 0 aromatic heterocycles. The second-order valence-corrected chi connectivity index (χ2v) is 9.01. The number of thioether (sulfide) groups is 1. The van der Waals surface area contributed by atoms with E-state index in [4.69, 9.17) is 39.5 Å². The van der Waals surface area contributed by atoms with E-state index < -0.39 is 10.0 Å². The van der Waals surface area contributed by atoms with Gasteiger partial charge in [0.15, 0.2) is 0 Å². The van der Waals surface area contributed by atoms with Crippen LogP contribution in [0, 0.1) is 0 Å². The highest BCUT2D eigenvalue weighted by Gasteiger charge is 2.21. The van der Waals surface area contributed by atoms with E-state index >= 15 is 0 Å². The molecule has 0 aliphatic carbocycles.